The molecule has 1 aromatic carbocycles. The van der Waals surface area contributed by atoms with Crippen molar-refractivity contribution >= 4 is 0 Å². The molecule has 1 heterocycles. The Labute approximate surface area is 102 Å². The van der Waals surface area contributed by atoms with Crippen molar-refractivity contribution in [3.05, 3.63) is 24.3 Å². The summed E-state index contributed by atoms with van der Waals surface area (Å²) in [5.74, 6) is 4.30. The van der Waals surface area contributed by atoms with E-state index in [1.54, 1.807) is 0 Å². The number of hydrogen-bond acceptors (Lipinski definition) is 3. The number of nitrogens with zero attached hydrogens (tertiary/aromatic N) is 1. The highest BCUT2D eigenvalue weighted by atomic mass is 16.6. The summed E-state index contributed by atoms with van der Waals surface area (Å²) in [6, 6.07) is 7.74. The minimum absolute atomic E-state index is 0.0539. The Bertz CT molecular complexity index is 411. The molecule has 0 bridgehead atoms. The van der Waals surface area contributed by atoms with Crippen molar-refractivity contribution in [3.63, 3.8) is 0 Å². The molecule has 0 amide bonds. The maximum absolute atomic E-state index is 5.88. The fourth-order valence-corrected chi connectivity index (χ4v) is 1.88. The second-order valence-electron chi connectivity index (χ2n) is 4.03. The number of para-hydroxylation sites is 2. The first-order valence-corrected chi connectivity index (χ1v) is 5.87. The van der Waals surface area contributed by atoms with Crippen molar-refractivity contribution in [1.82, 2.24) is 4.90 Å². The molecule has 1 atom stereocenters. The minimum Gasteiger partial charge on any atom is -0.486 e. The first kappa shape index (κ1) is 11.8. The first-order valence-electron chi connectivity index (χ1n) is 5.87. The lowest BCUT2D eigenvalue weighted by atomic mass is 10.2. The minimum atomic E-state index is 0.0539. The van der Waals surface area contributed by atoms with Crippen LogP contribution in [0.25, 0.3) is 0 Å². The summed E-state index contributed by atoms with van der Waals surface area (Å²) in [7, 11) is 0. The SMILES string of the molecule is C#CCN(CC)CC1COc2ccccc2O1. The van der Waals surface area contributed by atoms with E-state index in [1.165, 1.54) is 0 Å². The third-order valence-electron chi connectivity index (χ3n) is 2.79. The van der Waals surface area contributed by atoms with Crippen LogP contribution in [0.1, 0.15) is 6.92 Å². The molecule has 1 aliphatic heterocycles. The second-order valence-corrected chi connectivity index (χ2v) is 4.03. The normalized spacial score (nSPS) is 17.8. The quantitative estimate of drug-likeness (QED) is 0.737. The predicted molar refractivity (Wildman–Crippen MR) is 67.3 cm³/mol. The summed E-state index contributed by atoms with van der Waals surface area (Å²) in [6.45, 7) is 5.05. The van der Waals surface area contributed by atoms with Gasteiger partial charge in [-0.3, -0.25) is 4.90 Å². The molecule has 2 rings (SSSR count). The van der Waals surface area contributed by atoms with Gasteiger partial charge in [0.1, 0.15) is 12.7 Å². The molecule has 0 radical (unpaired) electrons. The molecule has 0 fully saturated rings. The summed E-state index contributed by atoms with van der Waals surface area (Å²) in [5.41, 5.74) is 0. The van der Waals surface area contributed by atoms with Gasteiger partial charge in [0, 0.05) is 6.54 Å². The van der Waals surface area contributed by atoms with E-state index in [4.69, 9.17) is 15.9 Å². The molecule has 3 heteroatoms. The molecule has 0 N–H and O–H groups in total. The number of likely N-dealkylation sites (N-methyl/N-ethyl adjacent to an activating group) is 1. The van der Waals surface area contributed by atoms with Crippen LogP contribution in [-0.4, -0.2) is 37.2 Å². The Morgan fingerprint density at radius 3 is 2.88 bits per heavy atom. The molecule has 0 aromatic heterocycles. The number of rotatable bonds is 4. The third kappa shape index (κ3) is 2.92. The Morgan fingerprint density at radius 2 is 2.18 bits per heavy atom. The van der Waals surface area contributed by atoms with E-state index in [0.717, 1.165) is 24.6 Å². The maximum atomic E-state index is 5.88. The third-order valence-corrected chi connectivity index (χ3v) is 2.79. The fraction of sp³-hybridized carbons (Fsp3) is 0.429. The fourth-order valence-electron chi connectivity index (χ4n) is 1.88. The van der Waals surface area contributed by atoms with Crippen LogP contribution in [-0.2, 0) is 0 Å². The van der Waals surface area contributed by atoms with E-state index in [1.807, 2.05) is 24.3 Å². The van der Waals surface area contributed by atoms with Gasteiger partial charge in [0.25, 0.3) is 0 Å². The van der Waals surface area contributed by atoms with Gasteiger partial charge in [-0.15, -0.1) is 6.42 Å². The molecule has 1 unspecified atom stereocenters. The number of benzene rings is 1. The highest BCUT2D eigenvalue weighted by molar-refractivity contribution is 5.40. The molecule has 0 aliphatic carbocycles. The molecule has 17 heavy (non-hydrogen) atoms. The zero-order valence-corrected chi connectivity index (χ0v) is 10.1. The largest absolute Gasteiger partial charge is 0.486 e. The molecular formula is C14H17NO2. The van der Waals surface area contributed by atoms with Crippen LogP contribution >= 0.6 is 0 Å². The molecule has 3 nitrogen and oxygen atoms in total. The van der Waals surface area contributed by atoms with Gasteiger partial charge in [-0.05, 0) is 18.7 Å². The van der Waals surface area contributed by atoms with Gasteiger partial charge in [0.05, 0.1) is 6.54 Å². The van der Waals surface area contributed by atoms with E-state index in [9.17, 15) is 0 Å². The van der Waals surface area contributed by atoms with E-state index >= 15 is 0 Å². The number of ether oxygens (including phenoxy) is 2. The Morgan fingerprint density at radius 1 is 1.41 bits per heavy atom. The van der Waals surface area contributed by atoms with Gasteiger partial charge >= 0.3 is 0 Å². The van der Waals surface area contributed by atoms with Crippen molar-refractivity contribution in [2.24, 2.45) is 0 Å². The first-order chi connectivity index (χ1) is 8.33. The van der Waals surface area contributed by atoms with Gasteiger partial charge in [0.2, 0.25) is 0 Å². The number of fused-ring (bicyclic) bond motifs is 1. The van der Waals surface area contributed by atoms with Crippen molar-refractivity contribution in [3.8, 4) is 23.8 Å². The van der Waals surface area contributed by atoms with Crippen LogP contribution in [0.5, 0.6) is 11.5 Å². The van der Waals surface area contributed by atoms with Gasteiger partial charge in [-0.1, -0.05) is 25.0 Å². The smallest absolute Gasteiger partial charge is 0.161 e. The highest BCUT2D eigenvalue weighted by Gasteiger charge is 2.22. The molecule has 90 valence electrons. The zero-order chi connectivity index (χ0) is 12.1. The van der Waals surface area contributed by atoms with Crippen molar-refractivity contribution < 1.29 is 9.47 Å². The maximum Gasteiger partial charge on any atom is 0.161 e. The average Bonchev–Trinajstić information content (AvgIpc) is 2.38. The summed E-state index contributed by atoms with van der Waals surface area (Å²) in [6.07, 6.45) is 5.38. The number of hydrogen-bond donors (Lipinski definition) is 0. The van der Waals surface area contributed by atoms with Gasteiger partial charge in [-0.25, -0.2) is 0 Å². The van der Waals surface area contributed by atoms with Gasteiger partial charge in [0.15, 0.2) is 11.5 Å². The van der Waals surface area contributed by atoms with Crippen LogP contribution in [0.4, 0.5) is 0 Å². The van der Waals surface area contributed by atoms with Crippen molar-refractivity contribution in [2.45, 2.75) is 13.0 Å². The summed E-state index contributed by atoms with van der Waals surface area (Å²) < 4.78 is 11.5. The Balaban J connectivity index is 1.96. The van der Waals surface area contributed by atoms with E-state index < -0.39 is 0 Å². The van der Waals surface area contributed by atoms with Crippen molar-refractivity contribution in [2.75, 3.05) is 26.2 Å². The standard InChI is InChI=1S/C14H17NO2/c1-3-9-15(4-2)10-12-11-16-13-7-5-6-8-14(13)17-12/h1,5-8,12H,4,9-11H2,2H3. The topological polar surface area (TPSA) is 21.7 Å². The lowest BCUT2D eigenvalue weighted by Crippen LogP contribution is -2.41. The molecule has 1 aromatic rings. The molecular weight excluding hydrogens is 214 g/mol. The Kier molecular flexibility index (Phi) is 3.89. The highest BCUT2D eigenvalue weighted by Crippen LogP contribution is 2.30. The van der Waals surface area contributed by atoms with Crippen LogP contribution in [0.2, 0.25) is 0 Å². The van der Waals surface area contributed by atoms with Crippen LogP contribution in [0.3, 0.4) is 0 Å². The number of terminal acetylenes is 1. The summed E-state index contributed by atoms with van der Waals surface area (Å²) >= 11 is 0. The average molecular weight is 231 g/mol. The van der Waals surface area contributed by atoms with Crippen LogP contribution in [0.15, 0.2) is 24.3 Å². The second kappa shape index (κ2) is 5.60. The molecule has 0 saturated heterocycles. The Hall–Kier alpha value is -1.66. The van der Waals surface area contributed by atoms with E-state index in [0.29, 0.717) is 13.2 Å². The van der Waals surface area contributed by atoms with Gasteiger partial charge < -0.3 is 9.47 Å². The lowest BCUT2D eigenvalue weighted by molar-refractivity contribution is 0.0636. The zero-order valence-electron chi connectivity index (χ0n) is 10.1. The molecule has 1 aliphatic rings. The van der Waals surface area contributed by atoms with E-state index in [-0.39, 0.29) is 6.10 Å². The summed E-state index contributed by atoms with van der Waals surface area (Å²) in [4.78, 5) is 2.17. The predicted octanol–water partition coefficient (Wildman–Crippen LogP) is 1.78. The monoisotopic (exact) mass is 231 g/mol. The van der Waals surface area contributed by atoms with Crippen molar-refractivity contribution in [1.29, 1.82) is 0 Å². The van der Waals surface area contributed by atoms with E-state index in [2.05, 4.69) is 17.7 Å². The molecule has 0 spiro atoms. The van der Waals surface area contributed by atoms with Crippen LogP contribution < -0.4 is 9.47 Å². The lowest BCUT2D eigenvalue weighted by Gasteiger charge is -2.30. The van der Waals surface area contributed by atoms with Crippen LogP contribution in [0, 0.1) is 12.3 Å². The summed E-state index contributed by atoms with van der Waals surface area (Å²) in [5, 5.41) is 0. The molecule has 0 saturated carbocycles. The van der Waals surface area contributed by atoms with Gasteiger partial charge in [-0.2, -0.15) is 0 Å².